The van der Waals surface area contributed by atoms with Gasteiger partial charge in [0.15, 0.2) is 0 Å². The number of carbonyl (C=O) groups excluding carboxylic acids is 1. The molecule has 0 atom stereocenters. The van der Waals surface area contributed by atoms with Gasteiger partial charge in [-0.1, -0.05) is 0 Å². The summed E-state index contributed by atoms with van der Waals surface area (Å²) in [7, 11) is 11.8. The van der Waals surface area contributed by atoms with Gasteiger partial charge in [-0.2, -0.15) is 13.2 Å². The van der Waals surface area contributed by atoms with E-state index in [1.807, 2.05) is 4.90 Å². The number of rotatable bonds is 1. The molecule has 2 aliphatic heterocycles. The largest absolute Gasteiger partial charge is 0.417 e. The molecule has 0 aliphatic carbocycles. The van der Waals surface area contributed by atoms with E-state index in [0.29, 0.717) is 41.2 Å². The van der Waals surface area contributed by atoms with Gasteiger partial charge in [-0.3, -0.25) is 9.78 Å². The molecule has 0 spiro atoms. The molecular weight excluding hydrogens is 355 g/mol. The number of alkyl halides is 3. The summed E-state index contributed by atoms with van der Waals surface area (Å²) in [4.78, 5) is 22.3. The number of carbonyl (C=O) groups is 1. The van der Waals surface area contributed by atoms with E-state index in [9.17, 15) is 18.0 Å². The number of anilines is 1. The third kappa shape index (κ3) is 2.96. The molecule has 134 valence electrons. The first-order chi connectivity index (χ1) is 12.6. The van der Waals surface area contributed by atoms with E-state index in [-0.39, 0.29) is 12.2 Å². The number of nitrogens with one attached hydrogen (secondary N) is 1. The lowest BCUT2D eigenvalue weighted by molar-refractivity contribution is -0.137. The van der Waals surface area contributed by atoms with Crippen molar-refractivity contribution in [3.63, 3.8) is 0 Å². The zero-order valence-electron chi connectivity index (χ0n) is 14.4. The lowest BCUT2D eigenvalue weighted by Gasteiger charge is -2.31. The molecule has 1 amide bonds. The molecule has 2 aliphatic rings. The number of nitrogens with zero attached hydrogens (tertiary/aromatic N) is 3. The molecule has 1 N–H and O–H groups in total. The van der Waals surface area contributed by atoms with Crippen LogP contribution in [0.4, 0.5) is 19.0 Å². The van der Waals surface area contributed by atoms with Crippen molar-refractivity contribution in [2.45, 2.75) is 31.4 Å². The highest BCUT2D eigenvalue weighted by molar-refractivity contribution is 6.42. The van der Waals surface area contributed by atoms with Crippen LogP contribution in [-0.2, 0) is 24.5 Å². The van der Waals surface area contributed by atoms with E-state index in [4.69, 9.17) is 15.7 Å². The zero-order valence-corrected chi connectivity index (χ0v) is 14.4. The smallest absolute Gasteiger partial charge is 0.358 e. The van der Waals surface area contributed by atoms with Crippen LogP contribution in [0.5, 0.6) is 0 Å². The molecule has 27 heavy (non-hydrogen) atoms. The fraction of sp³-hybridized carbons (Fsp3) is 0.353. The van der Waals surface area contributed by atoms with Gasteiger partial charge in [-0.25, -0.2) is 4.98 Å². The summed E-state index contributed by atoms with van der Waals surface area (Å²) in [5.41, 5.74) is 1.60. The first-order valence-corrected chi connectivity index (χ1v) is 8.28. The second kappa shape index (κ2) is 5.74. The number of hydrogen-bond acceptors (Lipinski definition) is 4. The highest BCUT2D eigenvalue weighted by Gasteiger charge is 2.37. The summed E-state index contributed by atoms with van der Waals surface area (Å²) in [6.07, 6.45) is -3.10. The monoisotopic (exact) mass is 368 g/mol. The topological polar surface area (TPSA) is 58.1 Å². The highest BCUT2D eigenvalue weighted by Crippen LogP contribution is 2.34. The molecule has 10 heteroatoms. The van der Waals surface area contributed by atoms with Crippen LogP contribution in [0.15, 0.2) is 18.3 Å². The third-order valence-electron chi connectivity index (χ3n) is 4.81. The molecular formula is C17H13B2F3N4O. The molecule has 0 fully saturated rings. The van der Waals surface area contributed by atoms with Crippen LogP contribution >= 0.6 is 0 Å². The Morgan fingerprint density at radius 1 is 1.30 bits per heavy atom. The zero-order chi connectivity index (χ0) is 19.6. The van der Waals surface area contributed by atoms with E-state index in [1.54, 1.807) is 13.0 Å². The molecule has 4 heterocycles. The van der Waals surface area contributed by atoms with Crippen LogP contribution in [0, 0.1) is 6.92 Å². The van der Waals surface area contributed by atoms with Crippen LogP contribution in [0.2, 0.25) is 0 Å². The maximum atomic E-state index is 13.0. The Hall–Kier alpha value is -2.51. The quantitative estimate of drug-likeness (QED) is 0.777. The molecule has 0 unspecified atom stereocenters. The summed E-state index contributed by atoms with van der Waals surface area (Å²) in [5.74, 6) is 0.133. The summed E-state index contributed by atoms with van der Waals surface area (Å²) in [6, 6.07) is 2.77. The van der Waals surface area contributed by atoms with Crippen molar-refractivity contribution < 1.29 is 18.0 Å². The number of pyridine rings is 2. The standard InChI is InChI=1S/C17H13B2F3N4O/c1-8-4-11-13(16(18,19)25-15(11)27)24-14(8)26-3-2-12-9(7-26)5-10(6-23-12)17(20,21)22/h4-6H,2-3,7H2,1H3,(H,25,27). The average Bonchev–Trinajstić information content (AvgIpc) is 2.80. The Bertz CT molecular complexity index is 962. The van der Waals surface area contributed by atoms with Crippen molar-refractivity contribution in [3.05, 3.63) is 52.0 Å². The highest BCUT2D eigenvalue weighted by atomic mass is 19.4. The molecule has 4 radical (unpaired) electrons. The summed E-state index contributed by atoms with van der Waals surface area (Å²) < 4.78 is 38.9. The Morgan fingerprint density at radius 2 is 2.04 bits per heavy atom. The third-order valence-corrected chi connectivity index (χ3v) is 4.81. The number of halogens is 3. The van der Waals surface area contributed by atoms with Gasteiger partial charge in [0.1, 0.15) is 5.82 Å². The van der Waals surface area contributed by atoms with Crippen molar-refractivity contribution in [1.29, 1.82) is 0 Å². The van der Waals surface area contributed by atoms with Gasteiger partial charge in [0.25, 0.3) is 5.91 Å². The van der Waals surface area contributed by atoms with Gasteiger partial charge in [0, 0.05) is 36.7 Å². The van der Waals surface area contributed by atoms with Crippen molar-refractivity contribution in [1.82, 2.24) is 15.3 Å². The molecule has 5 nitrogen and oxygen atoms in total. The Morgan fingerprint density at radius 3 is 2.74 bits per heavy atom. The molecule has 2 aromatic rings. The van der Waals surface area contributed by atoms with Crippen molar-refractivity contribution in [2.24, 2.45) is 0 Å². The number of amides is 1. The molecule has 0 bridgehead atoms. The van der Waals surface area contributed by atoms with E-state index in [1.165, 1.54) is 0 Å². The first kappa shape index (κ1) is 17.9. The molecule has 0 saturated heterocycles. The second-order valence-electron chi connectivity index (χ2n) is 6.85. The Kier molecular flexibility index (Phi) is 3.80. The number of aromatic nitrogens is 2. The predicted octanol–water partition coefficient (Wildman–Crippen LogP) is 1.56. The number of aryl methyl sites for hydroxylation is 1. The van der Waals surface area contributed by atoms with Crippen LogP contribution < -0.4 is 10.2 Å². The van der Waals surface area contributed by atoms with E-state index in [2.05, 4.69) is 15.3 Å². The minimum Gasteiger partial charge on any atom is -0.358 e. The summed E-state index contributed by atoms with van der Waals surface area (Å²) in [5, 5.41) is 0.880. The number of hydrogen-bond donors (Lipinski definition) is 1. The molecule has 2 aromatic heterocycles. The molecule has 0 saturated carbocycles. The van der Waals surface area contributed by atoms with Crippen LogP contribution in [0.1, 0.15) is 38.4 Å². The fourth-order valence-corrected chi connectivity index (χ4v) is 3.49. The van der Waals surface area contributed by atoms with E-state index < -0.39 is 23.0 Å². The predicted molar refractivity (Wildman–Crippen MR) is 93.6 cm³/mol. The van der Waals surface area contributed by atoms with Crippen molar-refractivity contribution >= 4 is 27.4 Å². The maximum absolute atomic E-state index is 13.0. The van der Waals surface area contributed by atoms with Gasteiger partial charge < -0.3 is 10.2 Å². The normalized spacial score (nSPS) is 18.1. The Labute approximate surface area is 156 Å². The average molecular weight is 368 g/mol. The Balaban J connectivity index is 1.72. The van der Waals surface area contributed by atoms with E-state index in [0.717, 1.165) is 12.3 Å². The SMILES string of the molecule is [B]C1([B])NC(=O)c2cc(C)c(N3CCc4ncc(C(F)(F)F)cc4C3)nc21. The summed E-state index contributed by atoms with van der Waals surface area (Å²) >= 11 is 0. The van der Waals surface area contributed by atoms with Crippen LogP contribution in [-0.4, -0.2) is 38.1 Å². The van der Waals surface area contributed by atoms with Gasteiger partial charge in [-0.05, 0) is 30.2 Å². The molecule has 0 aromatic carbocycles. The van der Waals surface area contributed by atoms with Gasteiger partial charge in [0.05, 0.1) is 32.5 Å². The molecule has 4 rings (SSSR count). The van der Waals surface area contributed by atoms with Crippen LogP contribution in [0.25, 0.3) is 0 Å². The van der Waals surface area contributed by atoms with Gasteiger partial charge in [-0.15, -0.1) is 0 Å². The van der Waals surface area contributed by atoms with Gasteiger partial charge >= 0.3 is 6.18 Å². The first-order valence-electron chi connectivity index (χ1n) is 8.28. The van der Waals surface area contributed by atoms with Crippen molar-refractivity contribution in [2.75, 3.05) is 11.4 Å². The van der Waals surface area contributed by atoms with Crippen LogP contribution in [0.3, 0.4) is 0 Å². The van der Waals surface area contributed by atoms with Gasteiger partial charge in [0.2, 0.25) is 0 Å². The minimum atomic E-state index is -4.45. The maximum Gasteiger partial charge on any atom is 0.417 e. The van der Waals surface area contributed by atoms with E-state index >= 15 is 0 Å². The fourth-order valence-electron chi connectivity index (χ4n) is 3.49. The lowest BCUT2D eigenvalue weighted by Crippen LogP contribution is -2.41. The second-order valence-corrected chi connectivity index (χ2v) is 6.85. The lowest BCUT2D eigenvalue weighted by atomic mass is 9.61. The summed E-state index contributed by atoms with van der Waals surface area (Å²) in [6.45, 7) is 2.53. The van der Waals surface area contributed by atoms with Crippen molar-refractivity contribution in [3.8, 4) is 0 Å². The minimum absolute atomic E-state index is 0.223. The number of fused-ring (bicyclic) bond motifs is 2.